The molecule has 0 N–H and O–H groups in total. The van der Waals surface area contributed by atoms with Gasteiger partial charge < -0.3 is 19.6 Å². The van der Waals surface area contributed by atoms with Crippen LogP contribution < -0.4 is 9.80 Å². The van der Waals surface area contributed by atoms with E-state index >= 15 is 0 Å². The van der Waals surface area contributed by atoms with Crippen LogP contribution in [-0.4, -0.2) is 62.1 Å². The lowest BCUT2D eigenvalue weighted by molar-refractivity contribution is 0.437. The van der Waals surface area contributed by atoms with Crippen molar-refractivity contribution in [3.05, 3.63) is 71.7 Å². The first-order chi connectivity index (χ1) is 18.0. The fourth-order valence-corrected chi connectivity index (χ4v) is 5.41. The van der Waals surface area contributed by atoms with Gasteiger partial charge in [-0.1, -0.05) is 23.5 Å². The molecule has 2 aliphatic heterocycles. The summed E-state index contributed by atoms with van der Waals surface area (Å²) in [6, 6.07) is 16.6. The molecule has 4 rings (SSSR count). The van der Waals surface area contributed by atoms with Crippen molar-refractivity contribution in [1.29, 1.82) is 0 Å². The molecule has 8 nitrogen and oxygen atoms in total. The maximum atomic E-state index is 4.41. The van der Waals surface area contributed by atoms with Gasteiger partial charge in [-0.15, -0.1) is 0 Å². The molecule has 2 aliphatic rings. The van der Waals surface area contributed by atoms with Gasteiger partial charge in [0.2, 0.25) is 0 Å². The van der Waals surface area contributed by atoms with Crippen molar-refractivity contribution in [2.24, 2.45) is 20.5 Å². The van der Waals surface area contributed by atoms with Gasteiger partial charge in [0.25, 0.3) is 0 Å². The summed E-state index contributed by atoms with van der Waals surface area (Å²) in [5.74, 6) is 0. The lowest BCUT2D eigenvalue weighted by Crippen LogP contribution is -2.20. The van der Waals surface area contributed by atoms with E-state index in [2.05, 4.69) is 68.6 Å². The Morgan fingerprint density at radius 1 is 0.649 bits per heavy atom. The second kappa shape index (κ2) is 13.5. The van der Waals surface area contributed by atoms with E-state index in [1.165, 1.54) is 17.8 Å². The normalized spacial score (nSPS) is 19.1. The molecule has 37 heavy (non-hydrogen) atoms. The number of benzene rings is 2. The molecule has 0 saturated heterocycles. The number of hydrogen-bond acceptors (Lipinski definition) is 10. The van der Waals surface area contributed by atoms with E-state index in [1.54, 1.807) is 23.5 Å². The zero-order chi connectivity index (χ0) is 26.0. The highest BCUT2D eigenvalue weighted by Gasteiger charge is 2.15. The van der Waals surface area contributed by atoms with Crippen LogP contribution >= 0.6 is 23.5 Å². The van der Waals surface area contributed by atoms with Crippen molar-refractivity contribution >= 4 is 46.3 Å². The highest BCUT2D eigenvalue weighted by Crippen LogP contribution is 2.28. The molecule has 0 fully saturated rings. The Hall–Kier alpha value is -2.98. The Labute approximate surface area is 229 Å². The van der Waals surface area contributed by atoms with Crippen LogP contribution in [0.2, 0.25) is 0 Å². The second-order valence-corrected chi connectivity index (χ2v) is 11.1. The average Bonchev–Trinajstić information content (AvgIpc) is 3.53. The first-order valence-electron chi connectivity index (χ1n) is 12.5. The molecule has 2 heterocycles. The zero-order valence-corrected chi connectivity index (χ0v) is 23.6. The van der Waals surface area contributed by atoms with Gasteiger partial charge >= 0.3 is 0 Å². The quantitative estimate of drug-likeness (QED) is 0.207. The Bertz CT molecular complexity index is 1010. The van der Waals surface area contributed by atoms with Gasteiger partial charge in [0.1, 0.15) is 0 Å². The molecule has 2 aromatic carbocycles. The molecule has 196 valence electrons. The summed E-state index contributed by atoms with van der Waals surface area (Å²) >= 11 is 3.32. The van der Waals surface area contributed by atoms with Crippen LogP contribution in [-0.2, 0) is 0 Å². The maximum absolute atomic E-state index is 4.41. The van der Waals surface area contributed by atoms with Gasteiger partial charge in [-0.2, -0.15) is 20.5 Å². The number of unbranched alkanes of at least 4 members (excludes halogenated alkanes) is 2. The maximum Gasteiger partial charge on any atom is 0.193 e. The summed E-state index contributed by atoms with van der Waals surface area (Å²) in [4.78, 5) is 8.71. The van der Waals surface area contributed by atoms with Crippen LogP contribution in [0.1, 0.15) is 19.3 Å². The highest BCUT2D eigenvalue weighted by molar-refractivity contribution is 8.03. The topological polar surface area (TPSA) is 62.4 Å². The smallest absolute Gasteiger partial charge is 0.193 e. The number of hydrogen-bond donors (Lipinski definition) is 0. The molecule has 2 aromatic rings. The minimum Gasteiger partial charge on any atom is -0.375 e. The van der Waals surface area contributed by atoms with E-state index in [4.69, 9.17) is 0 Å². The van der Waals surface area contributed by atoms with E-state index in [0.29, 0.717) is 0 Å². The third kappa shape index (κ3) is 8.00. The molecule has 0 bridgehead atoms. The van der Waals surface area contributed by atoms with Crippen molar-refractivity contribution < 1.29 is 0 Å². The Kier molecular flexibility index (Phi) is 9.90. The number of thioether (sulfide) groups is 2. The van der Waals surface area contributed by atoms with Gasteiger partial charge in [0.05, 0.1) is 11.4 Å². The van der Waals surface area contributed by atoms with Crippen molar-refractivity contribution in [3.8, 4) is 0 Å². The number of anilines is 2. The first kappa shape index (κ1) is 27.1. The predicted octanol–water partition coefficient (Wildman–Crippen LogP) is 7.46. The van der Waals surface area contributed by atoms with E-state index in [-0.39, 0.29) is 11.0 Å². The summed E-state index contributed by atoms with van der Waals surface area (Å²) in [7, 11) is 8.32. The van der Waals surface area contributed by atoms with Crippen LogP contribution in [0.4, 0.5) is 22.7 Å². The largest absolute Gasteiger partial charge is 0.375 e. The summed E-state index contributed by atoms with van der Waals surface area (Å²) < 4.78 is 0. The van der Waals surface area contributed by atoms with Gasteiger partial charge in [0.15, 0.2) is 11.0 Å². The molecule has 0 amide bonds. The van der Waals surface area contributed by atoms with E-state index in [9.17, 15) is 0 Å². The molecule has 10 heteroatoms. The SMILES string of the molecule is CN(CCCCCN(C)c1ccc(N=NC2SC=CN2C)cc1)c1ccc(N=NC2SC=CN2C)cc1. The van der Waals surface area contributed by atoms with Gasteiger partial charge in [-0.3, -0.25) is 0 Å². The molecule has 0 aromatic heterocycles. The van der Waals surface area contributed by atoms with Crippen molar-refractivity contribution in [3.63, 3.8) is 0 Å². The van der Waals surface area contributed by atoms with Crippen LogP contribution in [0.15, 0.2) is 92.2 Å². The second-order valence-electron chi connectivity index (χ2n) is 9.19. The van der Waals surface area contributed by atoms with Crippen LogP contribution in [0.5, 0.6) is 0 Å². The molecule has 0 aliphatic carbocycles. The zero-order valence-electron chi connectivity index (χ0n) is 22.0. The molecule has 0 radical (unpaired) electrons. The summed E-state index contributed by atoms with van der Waals surface area (Å²) in [5, 5.41) is 21.7. The number of rotatable bonds is 12. The minimum absolute atomic E-state index is 0.0400. The Morgan fingerprint density at radius 2 is 1.05 bits per heavy atom. The number of azo groups is 2. The minimum atomic E-state index is 0.0400. The highest BCUT2D eigenvalue weighted by atomic mass is 32.2. The van der Waals surface area contributed by atoms with E-state index < -0.39 is 0 Å². The fraction of sp³-hybridized carbons (Fsp3) is 0.407. The first-order valence-corrected chi connectivity index (χ1v) is 14.4. The van der Waals surface area contributed by atoms with E-state index in [1.807, 2.05) is 71.4 Å². The predicted molar refractivity (Wildman–Crippen MR) is 159 cm³/mol. The summed E-state index contributed by atoms with van der Waals surface area (Å²) in [6.07, 6.45) is 7.54. The molecular weight excluding hydrogens is 500 g/mol. The summed E-state index contributed by atoms with van der Waals surface area (Å²) in [5.41, 5.74) is 4.26. The third-order valence-corrected chi connectivity index (χ3v) is 8.20. The van der Waals surface area contributed by atoms with Gasteiger partial charge in [0, 0.05) is 65.1 Å². The molecule has 2 unspecified atom stereocenters. The molecule has 0 saturated carbocycles. The van der Waals surface area contributed by atoms with Gasteiger partial charge in [-0.05, 0) is 78.6 Å². The third-order valence-electron chi connectivity index (χ3n) is 6.30. The average molecular weight is 537 g/mol. The molecular formula is C27H36N8S2. The van der Waals surface area contributed by atoms with Crippen LogP contribution in [0.3, 0.4) is 0 Å². The standard InChI is InChI=1S/C27H36N8S2/c1-32(24-12-8-22(9-13-24)28-30-26-34(3)18-20-36-26)16-6-5-7-17-33(2)25-14-10-23(11-15-25)29-31-27-35(4)19-21-37-27/h8-15,18-21,26-27H,5-7,16-17H2,1-4H3. The van der Waals surface area contributed by atoms with Crippen LogP contribution in [0.25, 0.3) is 0 Å². The molecule has 0 spiro atoms. The summed E-state index contributed by atoms with van der Waals surface area (Å²) in [6.45, 7) is 2.06. The lowest BCUT2D eigenvalue weighted by Gasteiger charge is -2.21. The fourth-order valence-electron chi connectivity index (χ4n) is 3.87. The number of nitrogens with zero attached hydrogens (tertiary/aromatic N) is 8. The lowest BCUT2D eigenvalue weighted by atomic mass is 10.2. The van der Waals surface area contributed by atoms with E-state index in [0.717, 1.165) is 37.3 Å². The Balaban J connectivity index is 1.13. The molecule has 2 atom stereocenters. The Morgan fingerprint density at radius 3 is 1.41 bits per heavy atom. The van der Waals surface area contributed by atoms with Crippen molar-refractivity contribution in [2.75, 3.05) is 51.1 Å². The van der Waals surface area contributed by atoms with Crippen molar-refractivity contribution in [1.82, 2.24) is 9.80 Å². The van der Waals surface area contributed by atoms with Gasteiger partial charge in [-0.25, -0.2) is 0 Å². The van der Waals surface area contributed by atoms with Crippen molar-refractivity contribution in [2.45, 2.75) is 30.3 Å². The van der Waals surface area contributed by atoms with Crippen LogP contribution in [0, 0.1) is 0 Å². The monoisotopic (exact) mass is 536 g/mol.